The van der Waals surface area contributed by atoms with Crippen molar-refractivity contribution in [1.29, 1.82) is 0 Å². The summed E-state index contributed by atoms with van der Waals surface area (Å²) in [5.74, 6) is -0.199. The van der Waals surface area contributed by atoms with Crippen molar-refractivity contribution < 1.29 is 19.8 Å². The van der Waals surface area contributed by atoms with Gasteiger partial charge in [0.2, 0.25) is 5.78 Å². The summed E-state index contributed by atoms with van der Waals surface area (Å²) < 4.78 is 0. The monoisotopic (exact) mass is 436 g/mol. The molecule has 6 unspecified atom stereocenters. The molecular formula is C28H36O4. The van der Waals surface area contributed by atoms with Gasteiger partial charge in [-0.05, 0) is 85.3 Å². The zero-order valence-corrected chi connectivity index (χ0v) is 20.3. The van der Waals surface area contributed by atoms with Crippen LogP contribution in [-0.2, 0) is 9.59 Å². The number of carbonyl (C=O) groups is 2. The van der Waals surface area contributed by atoms with E-state index < -0.39 is 5.60 Å². The minimum atomic E-state index is -1.25. The molecule has 0 spiro atoms. The van der Waals surface area contributed by atoms with Crippen LogP contribution < -0.4 is 0 Å². The van der Waals surface area contributed by atoms with Crippen molar-refractivity contribution >= 4 is 11.6 Å². The third-order valence-electron chi connectivity index (χ3n) is 10.7. The molecule has 5 aliphatic carbocycles. The second-order valence-corrected chi connectivity index (χ2v) is 12.4. The van der Waals surface area contributed by atoms with E-state index in [0.717, 1.165) is 36.8 Å². The second kappa shape index (κ2) is 6.14. The number of hydrogen-bond acceptors (Lipinski definition) is 4. The van der Waals surface area contributed by atoms with Crippen molar-refractivity contribution in [2.75, 3.05) is 0 Å². The molecule has 0 radical (unpaired) electrons. The Morgan fingerprint density at radius 2 is 1.66 bits per heavy atom. The first-order chi connectivity index (χ1) is 14.7. The summed E-state index contributed by atoms with van der Waals surface area (Å²) in [5.41, 5.74) is 2.33. The smallest absolute Gasteiger partial charge is 0.220 e. The number of hydrogen-bond donors (Lipinski definition) is 2. The van der Waals surface area contributed by atoms with Gasteiger partial charge in [-0.3, -0.25) is 9.59 Å². The van der Waals surface area contributed by atoms with Crippen molar-refractivity contribution in [3.8, 4) is 0 Å². The van der Waals surface area contributed by atoms with Gasteiger partial charge in [0.15, 0.2) is 11.5 Å². The molecule has 6 atom stereocenters. The maximum Gasteiger partial charge on any atom is 0.220 e. The van der Waals surface area contributed by atoms with E-state index in [1.165, 1.54) is 5.57 Å². The van der Waals surface area contributed by atoms with Gasteiger partial charge >= 0.3 is 0 Å². The van der Waals surface area contributed by atoms with E-state index in [2.05, 4.69) is 39.8 Å². The molecule has 0 aromatic carbocycles. The van der Waals surface area contributed by atoms with Gasteiger partial charge in [-0.2, -0.15) is 0 Å². The molecule has 0 aromatic rings. The van der Waals surface area contributed by atoms with Gasteiger partial charge in [0.1, 0.15) is 5.60 Å². The number of rotatable bonds is 0. The Labute approximate surface area is 191 Å². The van der Waals surface area contributed by atoms with Crippen LogP contribution in [0.2, 0.25) is 0 Å². The fourth-order valence-corrected chi connectivity index (χ4v) is 8.32. The first-order valence-corrected chi connectivity index (χ1v) is 12.1. The average molecular weight is 437 g/mol. The predicted octanol–water partition coefficient (Wildman–Crippen LogP) is 5.54. The quantitative estimate of drug-likeness (QED) is 0.523. The molecule has 4 heteroatoms. The van der Waals surface area contributed by atoms with E-state index in [9.17, 15) is 19.8 Å². The molecule has 2 N–H and O–H groups in total. The highest BCUT2D eigenvalue weighted by atomic mass is 16.3. The van der Waals surface area contributed by atoms with Crippen LogP contribution in [0.25, 0.3) is 0 Å². The van der Waals surface area contributed by atoms with E-state index in [1.54, 1.807) is 13.0 Å². The van der Waals surface area contributed by atoms with Gasteiger partial charge in [0, 0.05) is 17.4 Å². The maximum atomic E-state index is 12.7. The summed E-state index contributed by atoms with van der Waals surface area (Å²) in [6.07, 6.45) is 10.8. The normalized spacial score (nSPS) is 48.1. The van der Waals surface area contributed by atoms with E-state index >= 15 is 0 Å². The number of aliphatic hydroxyl groups excluding tert-OH is 1. The minimum Gasteiger partial charge on any atom is -0.504 e. The molecule has 5 aliphatic rings. The first-order valence-electron chi connectivity index (χ1n) is 12.1. The average Bonchev–Trinajstić information content (AvgIpc) is 2.71. The highest BCUT2D eigenvalue weighted by molar-refractivity contribution is 6.06. The summed E-state index contributed by atoms with van der Waals surface area (Å²) in [7, 11) is 0. The Bertz CT molecular complexity index is 1080. The number of ketones is 2. The Kier molecular flexibility index (Phi) is 4.20. The molecule has 4 nitrogen and oxygen atoms in total. The lowest BCUT2D eigenvalue weighted by molar-refractivity contribution is -0.184. The Hall–Kier alpha value is -1.94. The molecule has 0 bridgehead atoms. The van der Waals surface area contributed by atoms with Crippen molar-refractivity contribution in [3.05, 3.63) is 46.3 Å². The topological polar surface area (TPSA) is 74.6 Å². The maximum absolute atomic E-state index is 12.7. The Morgan fingerprint density at radius 3 is 2.34 bits per heavy atom. The molecule has 0 aliphatic heterocycles. The largest absolute Gasteiger partial charge is 0.504 e. The summed E-state index contributed by atoms with van der Waals surface area (Å²) in [5, 5.41) is 21.2. The number of carbonyl (C=O) groups excluding carboxylic acids is 2. The first kappa shape index (κ1) is 21.9. The van der Waals surface area contributed by atoms with Crippen LogP contribution in [0.5, 0.6) is 0 Å². The van der Waals surface area contributed by atoms with Crippen molar-refractivity contribution in [1.82, 2.24) is 0 Å². The van der Waals surface area contributed by atoms with E-state index in [4.69, 9.17) is 0 Å². The fourth-order valence-electron chi connectivity index (χ4n) is 8.32. The van der Waals surface area contributed by atoms with Crippen LogP contribution in [0.1, 0.15) is 80.1 Å². The van der Waals surface area contributed by atoms with Gasteiger partial charge in [0.05, 0.1) is 0 Å². The molecule has 0 aromatic heterocycles. The predicted molar refractivity (Wildman–Crippen MR) is 124 cm³/mol. The van der Waals surface area contributed by atoms with Gasteiger partial charge in [-0.15, -0.1) is 0 Å². The van der Waals surface area contributed by atoms with Gasteiger partial charge in [0.25, 0.3) is 0 Å². The van der Waals surface area contributed by atoms with Crippen LogP contribution in [-0.4, -0.2) is 27.4 Å². The second-order valence-electron chi connectivity index (χ2n) is 12.4. The molecule has 0 saturated heterocycles. The number of fused-ring (bicyclic) bond motifs is 7. The Morgan fingerprint density at radius 1 is 0.969 bits per heavy atom. The zero-order valence-electron chi connectivity index (χ0n) is 20.3. The van der Waals surface area contributed by atoms with Gasteiger partial charge in [-0.25, -0.2) is 0 Å². The van der Waals surface area contributed by atoms with Crippen molar-refractivity contribution in [3.63, 3.8) is 0 Å². The van der Waals surface area contributed by atoms with Crippen LogP contribution in [0, 0.1) is 27.6 Å². The number of allylic oxidation sites excluding steroid dienone is 7. The Balaban J connectivity index is 1.66. The molecule has 5 rings (SSSR count). The van der Waals surface area contributed by atoms with Crippen molar-refractivity contribution in [2.24, 2.45) is 27.6 Å². The molecule has 0 heterocycles. The third kappa shape index (κ3) is 2.42. The fraction of sp³-hybridized carbons (Fsp3) is 0.643. The lowest BCUT2D eigenvalue weighted by Gasteiger charge is -2.69. The highest BCUT2D eigenvalue weighted by Gasteiger charge is 2.67. The minimum absolute atomic E-state index is 0.0125. The third-order valence-corrected chi connectivity index (χ3v) is 10.7. The number of Topliss-reactive ketones (excluding diaryl/α,β-unsaturated/α-hetero) is 1. The van der Waals surface area contributed by atoms with Crippen LogP contribution in [0.4, 0.5) is 0 Å². The van der Waals surface area contributed by atoms with E-state index in [0.29, 0.717) is 18.4 Å². The molecule has 172 valence electrons. The van der Waals surface area contributed by atoms with E-state index in [-0.39, 0.29) is 44.9 Å². The lowest BCUT2D eigenvalue weighted by Crippen LogP contribution is -2.64. The summed E-state index contributed by atoms with van der Waals surface area (Å²) in [6.45, 7) is 12.8. The molecule has 0 amide bonds. The number of aliphatic hydroxyl groups is 2. The van der Waals surface area contributed by atoms with Gasteiger partial charge in [-0.1, -0.05) is 45.4 Å². The highest BCUT2D eigenvalue weighted by Crippen LogP contribution is 2.74. The van der Waals surface area contributed by atoms with Crippen LogP contribution >= 0.6 is 0 Å². The summed E-state index contributed by atoms with van der Waals surface area (Å²) >= 11 is 0. The summed E-state index contributed by atoms with van der Waals surface area (Å²) in [6, 6.07) is 0. The summed E-state index contributed by atoms with van der Waals surface area (Å²) in [4.78, 5) is 25.3. The van der Waals surface area contributed by atoms with Crippen LogP contribution in [0.3, 0.4) is 0 Å². The van der Waals surface area contributed by atoms with E-state index in [1.807, 2.05) is 6.92 Å². The van der Waals surface area contributed by atoms with Gasteiger partial charge < -0.3 is 10.2 Å². The molecule has 3 saturated carbocycles. The van der Waals surface area contributed by atoms with Crippen molar-refractivity contribution in [2.45, 2.75) is 85.7 Å². The molecular weight excluding hydrogens is 400 g/mol. The molecule has 32 heavy (non-hydrogen) atoms. The zero-order chi connectivity index (χ0) is 23.5. The SMILES string of the molecule is CC1=C(O)C(=O)C=C2C1=CC=C1C2(C)CCC2(C)C3CC(C)(O)C(=O)CC3(C)CCC12C. The standard InChI is InChI=1S/C28H36O4/c1-16-17-7-8-20-25(3,18(17)13-19(29)23(16)31)10-12-27(5)21-14-28(6,32)22(30)15-24(21,2)9-11-26(20,27)4/h7-8,13,21,31-32H,9-12,14-15H2,1-6H3. The van der Waals surface area contributed by atoms with Crippen LogP contribution in [0.15, 0.2) is 46.3 Å². The lowest BCUT2D eigenvalue weighted by atomic mass is 9.35. The molecule has 3 fully saturated rings.